The largest absolute Gasteiger partial charge is 0.459 e. The summed E-state index contributed by atoms with van der Waals surface area (Å²) in [5.74, 6) is 0.408. The number of allylic oxidation sites excluding steroid dienone is 1. The minimum Gasteiger partial charge on any atom is -0.459 e. The molecule has 1 amide bonds. The lowest BCUT2D eigenvalue weighted by Gasteiger charge is -2.42. The van der Waals surface area contributed by atoms with E-state index in [0.717, 1.165) is 38.8 Å². The minimum atomic E-state index is -0.518. The molecule has 0 aromatic heterocycles. The molecule has 0 radical (unpaired) electrons. The highest BCUT2D eigenvalue weighted by Crippen LogP contribution is 2.46. The van der Waals surface area contributed by atoms with Crippen LogP contribution in [-0.2, 0) is 20.7 Å². The van der Waals surface area contributed by atoms with E-state index in [0.29, 0.717) is 24.8 Å². The molecular formula is C34H44N2O4. The second-order valence-electron chi connectivity index (χ2n) is 11.9. The average Bonchev–Trinajstić information content (AvgIpc) is 3.39. The number of nitrogens with zero attached hydrogens (tertiary/aromatic N) is 2. The Balaban J connectivity index is 1.28. The van der Waals surface area contributed by atoms with Gasteiger partial charge in [0, 0.05) is 44.2 Å². The molecule has 2 fully saturated rings. The summed E-state index contributed by atoms with van der Waals surface area (Å²) < 4.78 is 12.6. The van der Waals surface area contributed by atoms with Crippen molar-refractivity contribution >= 4 is 5.91 Å². The first kappa shape index (κ1) is 27.5. The van der Waals surface area contributed by atoms with Crippen molar-refractivity contribution in [3.8, 4) is 11.1 Å². The zero-order chi connectivity index (χ0) is 27.5. The van der Waals surface area contributed by atoms with Crippen LogP contribution in [0.4, 0.5) is 0 Å². The standard InChI is InChI=1S/C34H44N2O4/c1-2-39-34-29(14-9-21-37)31(28-13-8-12-27-26-11-5-4-10-24(26)22-30(27)28)23-32(40-34)33(38)36-19-15-25(16-20-36)35-17-6-3-7-18-35/h4-5,8,10-13,23,25,29,31,34,37H,2-3,6-7,9,14-22H2,1H3/t29-,31-,34-/m1/s1. The molecule has 0 saturated carbocycles. The molecule has 3 heterocycles. The Labute approximate surface area is 239 Å². The van der Waals surface area contributed by atoms with Gasteiger partial charge in [-0.15, -0.1) is 0 Å². The number of hydrogen-bond acceptors (Lipinski definition) is 5. The Bertz CT molecular complexity index is 1210. The quantitative estimate of drug-likeness (QED) is 0.407. The maximum Gasteiger partial charge on any atom is 0.288 e. The van der Waals surface area contributed by atoms with Crippen LogP contribution in [0.1, 0.15) is 74.5 Å². The van der Waals surface area contributed by atoms with Gasteiger partial charge in [-0.1, -0.05) is 48.9 Å². The molecule has 2 aromatic carbocycles. The molecular weight excluding hydrogens is 500 g/mol. The van der Waals surface area contributed by atoms with Crippen molar-refractivity contribution in [1.29, 1.82) is 0 Å². The van der Waals surface area contributed by atoms with Gasteiger partial charge in [-0.25, -0.2) is 0 Å². The molecule has 3 atom stereocenters. The normalized spacial score (nSPS) is 25.2. The smallest absolute Gasteiger partial charge is 0.288 e. The van der Waals surface area contributed by atoms with Crippen LogP contribution in [0.5, 0.6) is 0 Å². The van der Waals surface area contributed by atoms with E-state index in [4.69, 9.17) is 9.47 Å². The van der Waals surface area contributed by atoms with Gasteiger partial charge >= 0.3 is 0 Å². The second kappa shape index (κ2) is 12.5. The molecule has 214 valence electrons. The lowest BCUT2D eigenvalue weighted by atomic mass is 9.78. The molecule has 2 saturated heterocycles. The van der Waals surface area contributed by atoms with Crippen molar-refractivity contribution in [2.75, 3.05) is 39.4 Å². The number of amides is 1. The molecule has 2 aromatic rings. The molecule has 0 spiro atoms. The molecule has 6 heteroatoms. The molecule has 40 heavy (non-hydrogen) atoms. The van der Waals surface area contributed by atoms with Gasteiger partial charge < -0.3 is 24.4 Å². The summed E-state index contributed by atoms with van der Waals surface area (Å²) in [7, 11) is 0. The third kappa shape index (κ3) is 5.46. The van der Waals surface area contributed by atoms with Crippen LogP contribution in [0.3, 0.4) is 0 Å². The van der Waals surface area contributed by atoms with Crippen LogP contribution in [-0.4, -0.2) is 72.5 Å². The maximum atomic E-state index is 13.9. The van der Waals surface area contributed by atoms with E-state index >= 15 is 0 Å². The first-order valence-electron chi connectivity index (χ1n) is 15.5. The summed E-state index contributed by atoms with van der Waals surface area (Å²) in [6.45, 7) is 6.55. The number of fused-ring (bicyclic) bond motifs is 3. The lowest BCUT2D eigenvalue weighted by Crippen LogP contribution is -2.49. The van der Waals surface area contributed by atoms with E-state index in [2.05, 4.69) is 53.4 Å². The molecule has 6 rings (SSSR count). The lowest BCUT2D eigenvalue weighted by molar-refractivity contribution is -0.171. The predicted octanol–water partition coefficient (Wildman–Crippen LogP) is 5.48. The van der Waals surface area contributed by atoms with Crippen LogP contribution in [0.25, 0.3) is 11.1 Å². The molecule has 1 N–H and O–H groups in total. The SMILES string of the molecule is CCO[C@@H]1OC(C(=O)N2CCC(N3CCCCC3)CC2)=C[C@H](c2cccc3c2Cc2ccccc2-3)[C@H]1CCCO. The first-order valence-corrected chi connectivity index (χ1v) is 15.5. The van der Waals surface area contributed by atoms with Crippen molar-refractivity contribution in [3.63, 3.8) is 0 Å². The van der Waals surface area contributed by atoms with Gasteiger partial charge in [0.25, 0.3) is 5.91 Å². The van der Waals surface area contributed by atoms with Crippen LogP contribution in [0.15, 0.2) is 54.3 Å². The van der Waals surface area contributed by atoms with Crippen LogP contribution in [0.2, 0.25) is 0 Å². The van der Waals surface area contributed by atoms with Gasteiger partial charge in [0.1, 0.15) is 0 Å². The fraction of sp³-hybridized carbons (Fsp3) is 0.559. The zero-order valence-corrected chi connectivity index (χ0v) is 23.9. The molecule has 1 aliphatic carbocycles. The summed E-state index contributed by atoms with van der Waals surface area (Å²) in [4.78, 5) is 18.6. The fourth-order valence-corrected chi connectivity index (χ4v) is 7.48. The molecule has 4 aliphatic rings. The van der Waals surface area contributed by atoms with Gasteiger partial charge in [0.2, 0.25) is 6.29 Å². The fourth-order valence-electron chi connectivity index (χ4n) is 7.48. The number of aliphatic hydroxyl groups is 1. The number of ether oxygens (including phenoxy) is 2. The maximum absolute atomic E-state index is 13.9. The molecule has 6 nitrogen and oxygen atoms in total. The van der Waals surface area contributed by atoms with E-state index < -0.39 is 6.29 Å². The number of hydrogen-bond donors (Lipinski definition) is 1. The Kier molecular flexibility index (Phi) is 8.56. The Morgan fingerprint density at radius 1 is 1.00 bits per heavy atom. The summed E-state index contributed by atoms with van der Waals surface area (Å²) in [5, 5.41) is 9.71. The van der Waals surface area contributed by atoms with Gasteiger partial charge in [-0.3, -0.25) is 4.79 Å². The number of carbonyl (C=O) groups is 1. The van der Waals surface area contributed by atoms with E-state index in [-0.39, 0.29) is 24.3 Å². The number of carbonyl (C=O) groups excluding carboxylic acids is 1. The van der Waals surface area contributed by atoms with Crippen molar-refractivity contribution < 1.29 is 19.4 Å². The van der Waals surface area contributed by atoms with Crippen molar-refractivity contribution in [3.05, 3.63) is 71.0 Å². The summed E-state index contributed by atoms with van der Waals surface area (Å²) in [6, 6.07) is 15.8. The third-order valence-electron chi connectivity index (χ3n) is 9.53. The topological polar surface area (TPSA) is 62.2 Å². The van der Waals surface area contributed by atoms with Gasteiger partial charge in [0.05, 0.1) is 0 Å². The zero-order valence-electron chi connectivity index (χ0n) is 23.9. The van der Waals surface area contributed by atoms with Crippen LogP contribution in [0, 0.1) is 5.92 Å². The second-order valence-corrected chi connectivity index (χ2v) is 11.9. The van der Waals surface area contributed by atoms with Crippen molar-refractivity contribution in [2.24, 2.45) is 5.92 Å². The summed E-state index contributed by atoms with van der Waals surface area (Å²) in [5.41, 5.74) is 6.53. The monoisotopic (exact) mass is 544 g/mol. The molecule has 0 unspecified atom stereocenters. The number of benzene rings is 2. The van der Waals surface area contributed by atoms with Gasteiger partial charge in [-0.05, 0) is 98.9 Å². The van der Waals surface area contributed by atoms with E-state index in [1.807, 2.05) is 11.8 Å². The highest BCUT2D eigenvalue weighted by molar-refractivity contribution is 5.92. The van der Waals surface area contributed by atoms with Crippen LogP contribution < -0.4 is 0 Å². The first-order chi connectivity index (χ1) is 19.7. The average molecular weight is 545 g/mol. The van der Waals surface area contributed by atoms with Crippen molar-refractivity contribution in [2.45, 2.75) is 76.5 Å². The number of likely N-dealkylation sites (tertiary alicyclic amines) is 2. The van der Waals surface area contributed by atoms with Gasteiger partial charge in [0.15, 0.2) is 5.76 Å². The van der Waals surface area contributed by atoms with Gasteiger partial charge in [-0.2, -0.15) is 0 Å². The molecule has 0 bridgehead atoms. The Morgan fingerprint density at radius 2 is 1.77 bits per heavy atom. The van der Waals surface area contributed by atoms with E-state index in [9.17, 15) is 9.90 Å². The van der Waals surface area contributed by atoms with Crippen molar-refractivity contribution in [1.82, 2.24) is 9.80 Å². The Morgan fingerprint density at radius 3 is 2.55 bits per heavy atom. The number of piperidine rings is 2. The summed E-state index contributed by atoms with van der Waals surface area (Å²) >= 11 is 0. The predicted molar refractivity (Wildman–Crippen MR) is 157 cm³/mol. The number of rotatable bonds is 8. The highest BCUT2D eigenvalue weighted by atomic mass is 16.7. The molecule has 3 aliphatic heterocycles. The minimum absolute atomic E-state index is 0.0109. The van der Waals surface area contributed by atoms with E-state index in [1.54, 1.807) is 0 Å². The third-order valence-corrected chi connectivity index (χ3v) is 9.53. The Hall–Kier alpha value is -2.67. The number of aliphatic hydroxyl groups excluding tert-OH is 1. The van der Waals surface area contributed by atoms with E-state index in [1.165, 1.54) is 60.2 Å². The highest BCUT2D eigenvalue weighted by Gasteiger charge is 2.41. The van der Waals surface area contributed by atoms with Crippen LogP contribution >= 0.6 is 0 Å². The summed E-state index contributed by atoms with van der Waals surface area (Å²) in [6.07, 6.45) is 9.89.